The summed E-state index contributed by atoms with van der Waals surface area (Å²) < 4.78 is 11.9. The highest BCUT2D eigenvalue weighted by atomic mass is 16.5. The van der Waals surface area contributed by atoms with E-state index in [-0.39, 0.29) is 24.0 Å². The standard InChI is InChI=1S/C34H41NO4.C4H4O4/c1-4-38-33(37)34(2,3)29-19-17-26(18-20-29)31(36)16-11-23-35-24-21-30(22-25-35)39-32(27-12-7-5-8-13-27)28-14-9-6-10-15-28;5-3(6)1-2-4(7)8/h5-10,12-15,17-20,30,32H,4,11,16,21-25H2,1-3H3;1-2H,(H,5,6)(H,7,8)/b;2-1+. The van der Waals surface area contributed by atoms with Gasteiger partial charge in [-0.25, -0.2) is 9.59 Å². The number of hydrogen-bond donors (Lipinski definition) is 2. The van der Waals surface area contributed by atoms with E-state index in [1.807, 2.05) is 50.2 Å². The minimum Gasteiger partial charge on any atom is -0.478 e. The Bertz CT molecular complexity index is 1410. The van der Waals surface area contributed by atoms with Gasteiger partial charge in [0.25, 0.3) is 0 Å². The summed E-state index contributed by atoms with van der Waals surface area (Å²) in [7, 11) is 0. The molecule has 1 heterocycles. The average Bonchev–Trinajstić information content (AvgIpc) is 3.08. The van der Waals surface area contributed by atoms with E-state index in [1.54, 1.807) is 6.92 Å². The number of piperidine rings is 1. The molecule has 0 bridgehead atoms. The first-order chi connectivity index (χ1) is 22.5. The molecule has 47 heavy (non-hydrogen) atoms. The summed E-state index contributed by atoms with van der Waals surface area (Å²) in [4.78, 5) is 46.6. The molecular weight excluding hydrogens is 598 g/mol. The Morgan fingerprint density at radius 1 is 0.830 bits per heavy atom. The third kappa shape index (κ3) is 11.9. The molecule has 3 aromatic rings. The normalized spacial score (nSPS) is 14.0. The maximum Gasteiger partial charge on any atom is 0.328 e. The fraction of sp³-hybridized carbons (Fsp3) is 0.368. The molecule has 0 amide bonds. The number of ketones is 1. The lowest BCUT2D eigenvalue weighted by Crippen LogP contribution is -2.38. The molecule has 3 aromatic carbocycles. The molecule has 0 aliphatic carbocycles. The second-order valence-corrected chi connectivity index (χ2v) is 11.8. The smallest absolute Gasteiger partial charge is 0.328 e. The number of benzene rings is 3. The Labute approximate surface area is 276 Å². The topological polar surface area (TPSA) is 130 Å². The molecule has 2 N–H and O–H groups in total. The number of carbonyl (C=O) groups is 4. The fourth-order valence-electron chi connectivity index (χ4n) is 5.32. The number of carbonyl (C=O) groups excluding carboxylic acids is 2. The molecule has 1 aliphatic rings. The summed E-state index contributed by atoms with van der Waals surface area (Å²) in [5, 5.41) is 15.6. The van der Waals surface area contributed by atoms with Gasteiger partial charge in [0, 0.05) is 37.2 Å². The Morgan fingerprint density at radius 2 is 1.34 bits per heavy atom. The van der Waals surface area contributed by atoms with Crippen LogP contribution in [0.4, 0.5) is 0 Å². The van der Waals surface area contributed by atoms with Crippen molar-refractivity contribution in [2.75, 3.05) is 26.2 Å². The fourth-order valence-corrected chi connectivity index (χ4v) is 5.32. The molecule has 0 unspecified atom stereocenters. The van der Waals surface area contributed by atoms with Gasteiger partial charge in [0.15, 0.2) is 5.78 Å². The van der Waals surface area contributed by atoms with E-state index in [0.717, 1.165) is 44.5 Å². The Hall–Kier alpha value is -4.60. The molecule has 0 radical (unpaired) electrons. The molecule has 1 fully saturated rings. The van der Waals surface area contributed by atoms with Gasteiger partial charge in [-0.1, -0.05) is 84.9 Å². The Kier molecular flexibility index (Phi) is 14.5. The molecule has 1 aliphatic heterocycles. The van der Waals surface area contributed by atoms with E-state index in [2.05, 4.69) is 53.4 Å². The summed E-state index contributed by atoms with van der Waals surface area (Å²) >= 11 is 0. The van der Waals surface area contributed by atoms with Crippen molar-refractivity contribution in [2.45, 2.75) is 64.1 Å². The second kappa shape index (κ2) is 18.5. The quantitative estimate of drug-likeness (QED) is 0.115. The first-order valence-corrected chi connectivity index (χ1v) is 15.9. The van der Waals surface area contributed by atoms with Crippen LogP contribution in [0.5, 0.6) is 0 Å². The number of nitrogens with zero attached hydrogens (tertiary/aromatic N) is 1. The number of carboxylic acid groups (broad SMARTS) is 2. The van der Waals surface area contributed by atoms with Crippen LogP contribution in [0.2, 0.25) is 0 Å². The molecule has 1 saturated heterocycles. The van der Waals surface area contributed by atoms with Crippen molar-refractivity contribution in [1.82, 2.24) is 4.90 Å². The van der Waals surface area contributed by atoms with Crippen LogP contribution in [0.15, 0.2) is 97.1 Å². The van der Waals surface area contributed by atoms with Crippen LogP contribution in [0.25, 0.3) is 0 Å². The van der Waals surface area contributed by atoms with Gasteiger partial charge in [-0.15, -0.1) is 0 Å². The van der Waals surface area contributed by atoms with Crippen molar-refractivity contribution in [1.29, 1.82) is 0 Å². The molecule has 0 spiro atoms. The lowest BCUT2D eigenvalue weighted by atomic mass is 9.84. The lowest BCUT2D eigenvalue weighted by molar-refractivity contribution is -0.148. The zero-order valence-corrected chi connectivity index (χ0v) is 27.3. The summed E-state index contributed by atoms with van der Waals surface area (Å²) in [5.74, 6) is -2.63. The number of likely N-dealkylation sites (tertiary alicyclic amines) is 1. The Balaban J connectivity index is 0.000000665. The van der Waals surface area contributed by atoms with Crippen LogP contribution in [-0.4, -0.2) is 71.1 Å². The minimum atomic E-state index is -1.26. The van der Waals surface area contributed by atoms with Crippen LogP contribution < -0.4 is 0 Å². The van der Waals surface area contributed by atoms with E-state index >= 15 is 0 Å². The molecule has 9 nitrogen and oxygen atoms in total. The van der Waals surface area contributed by atoms with Crippen LogP contribution in [0, 0.1) is 0 Å². The summed E-state index contributed by atoms with van der Waals surface area (Å²) in [6.45, 7) is 8.72. The van der Waals surface area contributed by atoms with E-state index in [4.69, 9.17) is 19.7 Å². The van der Waals surface area contributed by atoms with Crippen LogP contribution in [0.1, 0.15) is 79.6 Å². The van der Waals surface area contributed by atoms with E-state index in [0.29, 0.717) is 30.7 Å². The average molecular weight is 644 g/mol. The maximum atomic E-state index is 12.8. The third-order valence-electron chi connectivity index (χ3n) is 8.03. The first kappa shape index (κ1) is 36.9. The van der Waals surface area contributed by atoms with Crippen molar-refractivity contribution in [3.63, 3.8) is 0 Å². The first-order valence-electron chi connectivity index (χ1n) is 15.9. The van der Waals surface area contributed by atoms with E-state index < -0.39 is 17.4 Å². The van der Waals surface area contributed by atoms with Crippen molar-refractivity contribution in [2.24, 2.45) is 0 Å². The van der Waals surface area contributed by atoms with Gasteiger partial charge in [0.05, 0.1) is 18.1 Å². The van der Waals surface area contributed by atoms with Gasteiger partial charge in [-0.05, 0) is 63.3 Å². The number of rotatable bonds is 14. The second-order valence-electron chi connectivity index (χ2n) is 11.8. The van der Waals surface area contributed by atoms with E-state index in [1.165, 1.54) is 11.1 Å². The highest BCUT2D eigenvalue weighted by Gasteiger charge is 2.31. The predicted molar refractivity (Wildman–Crippen MR) is 179 cm³/mol. The Morgan fingerprint density at radius 3 is 1.81 bits per heavy atom. The number of ether oxygens (including phenoxy) is 2. The number of carboxylic acids is 2. The number of aliphatic carboxylic acids is 2. The molecule has 9 heteroatoms. The van der Waals surface area contributed by atoms with E-state index in [9.17, 15) is 19.2 Å². The summed E-state index contributed by atoms with van der Waals surface area (Å²) in [6, 6.07) is 28.3. The molecular formula is C38H45NO8. The SMILES string of the molecule is CCOC(=O)C(C)(C)c1ccc(C(=O)CCCN2CCC(OC(c3ccccc3)c3ccccc3)CC2)cc1.O=C(O)/C=C/C(=O)O. The highest BCUT2D eigenvalue weighted by Crippen LogP contribution is 2.30. The lowest BCUT2D eigenvalue weighted by Gasteiger charge is -2.34. The van der Waals surface area contributed by atoms with Gasteiger partial charge in [-0.3, -0.25) is 9.59 Å². The third-order valence-corrected chi connectivity index (χ3v) is 8.03. The minimum absolute atomic E-state index is 0.0594. The van der Waals surface area contributed by atoms with Gasteiger partial charge in [-0.2, -0.15) is 0 Å². The van der Waals surface area contributed by atoms with Crippen molar-refractivity contribution >= 4 is 23.7 Å². The van der Waals surface area contributed by atoms with Gasteiger partial charge in [0.1, 0.15) is 6.10 Å². The maximum absolute atomic E-state index is 12.8. The number of hydrogen-bond acceptors (Lipinski definition) is 7. The molecule has 0 saturated carbocycles. The molecule has 0 aromatic heterocycles. The predicted octanol–water partition coefficient (Wildman–Crippen LogP) is 6.47. The van der Waals surface area contributed by atoms with Crippen molar-refractivity contribution in [3.8, 4) is 0 Å². The largest absolute Gasteiger partial charge is 0.478 e. The number of Topliss-reactive ketones (excluding diaryl/α,β-unsaturated/α-hetero) is 1. The van der Waals surface area contributed by atoms with Crippen LogP contribution >= 0.6 is 0 Å². The highest BCUT2D eigenvalue weighted by molar-refractivity contribution is 5.96. The summed E-state index contributed by atoms with van der Waals surface area (Å²) in [5.41, 5.74) is 3.17. The monoisotopic (exact) mass is 643 g/mol. The van der Waals surface area contributed by atoms with Crippen molar-refractivity contribution in [3.05, 3.63) is 119 Å². The van der Waals surface area contributed by atoms with Crippen LogP contribution in [0.3, 0.4) is 0 Å². The number of esters is 1. The molecule has 4 rings (SSSR count). The summed E-state index contributed by atoms with van der Waals surface area (Å²) in [6.07, 6.45) is 4.59. The van der Waals surface area contributed by atoms with Crippen LogP contribution in [-0.2, 0) is 29.3 Å². The van der Waals surface area contributed by atoms with Gasteiger partial charge >= 0.3 is 17.9 Å². The zero-order valence-electron chi connectivity index (χ0n) is 27.3. The van der Waals surface area contributed by atoms with Gasteiger partial charge in [0.2, 0.25) is 0 Å². The molecule has 250 valence electrons. The zero-order chi connectivity index (χ0) is 34.2. The molecule has 0 atom stereocenters. The van der Waals surface area contributed by atoms with Crippen molar-refractivity contribution < 1.29 is 38.9 Å². The van der Waals surface area contributed by atoms with Gasteiger partial charge < -0.3 is 24.6 Å².